The summed E-state index contributed by atoms with van der Waals surface area (Å²) in [6.45, 7) is 0.905. The normalized spacial score (nSPS) is 15.2. The molecular formula is C6H7F2NO2. The first-order chi connectivity index (χ1) is 4.92. The molecule has 0 aromatic rings. The summed E-state index contributed by atoms with van der Waals surface area (Å²) in [5.41, 5.74) is 2.29. The largest absolute Gasteiger partial charge is 0.424 e. The molecule has 0 heterocycles. The molecule has 0 aliphatic heterocycles. The molecule has 5 heteroatoms. The molecule has 0 rings (SSSR count). The van der Waals surface area contributed by atoms with Gasteiger partial charge in [-0.05, 0) is 6.92 Å². The number of amides is 1. The van der Waals surface area contributed by atoms with Crippen molar-refractivity contribution in [3.63, 3.8) is 0 Å². The maximum absolute atomic E-state index is 12.0. The van der Waals surface area contributed by atoms with Gasteiger partial charge < -0.3 is 10.5 Å². The maximum atomic E-state index is 12.0. The van der Waals surface area contributed by atoms with Crippen molar-refractivity contribution < 1.29 is 18.3 Å². The number of carbonyl (C=O) groups is 1. The first-order valence-electron chi connectivity index (χ1n) is 2.66. The summed E-state index contributed by atoms with van der Waals surface area (Å²) >= 11 is 0. The minimum absolute atomic E-state index is 0.905. The van der Waals surface area contributed by atoms with Gasteiger partial charge in [-0.15, -0.1) is 6.42 Å². The van der Waals surface area contributed by atoms with Gasteiger partial charge >= 0.3 is 6.09 Å². The second-order valence-electron chi connectivity index (χ2n) is 1.97. The molecule has 0 fully saturated rings. The van der Waals surface area contributed by atoms with Crippen LogP contribution in [0.25, 0.3) is 0 Å². The summed E-state index contributed by atoms with van der Waals surface area (Å²) in [7, 11) is 0. The second kappa shape index (κ2) is 3.19. The third kappa shape index (κ3) is 2.42. The number of hydrogen-bond donors (Lipinski definition) is 1. The number of alkyl halides is 2. The van der Waals surface area contributed by atoms with Crippen molar-refractivity contribution in [2.75, 3.05) is 0 Å². The standard InChI is InChI=1S/C6H7F2NO2/c1-3-6(2,4(7)8)11-5(9)10/h1,4H,2H3,(H2,9,10). The van der Waals surface area contributed by atoms with E-state index in [4.69, 9.17) is 6.42 Å². The van der Waals surface area contributed by atoms with Crippen LogP contribution in [-0.2, 0) is 4.74 Å². The fourth-order valence-electron chi connectivity index (χ4n) is 0.346. The molecule has 1 unspecified atom stereocenters. The lowest BCUT2D eigenvalue weighted by Gasteiger charge is -2.20. The van der Waals surface area contributed by atoms with Gasteiger partial charge in [-0.3, -0.25) is 0 Å². The Bertz CT molecular complexity index is 199. The molecular weight excluding hydrogens is 156 g/mol. The predicted molar refractivity (Wildman–Crippen MR) is 33.9 cm³/mol. The van der Waals surface area contributed by atoms with Crippen LogP contribution in [-0.4, -0.2) is 18.1 Å². The molecule has 2 N–H and O–H groups in total. The van der Waals surface area contributed by atoms with Crippen molar-refractivity contribution in [2.24, 2.45) is 5.73 Å². The number of ether oxygens (including phenoxy) is 1. The van der Waals surface area contributed by atoms with Crippen LogP contribution in [0.4, 0.5) is 13.6 Å². The summed E-state index contributed by atoms with van der Waals surface area (Å²) in [5, 5.41) is 0. The molecule has 1 amide bonds. The van der Waals surface area contributed by atoms with Gasteiger partial charge in [0.25, 0.3) is 6.43 Å². The van der Waals surface area contributed by atoms with E-state index in [2.05, 4.69) is 10.5 Å². The molecule has 1 atom stereocenters. The van der Waals surface area contributed by atoms with Gasteiger partial charge in [-0.1, -0.05) is 5.92 Å². The van der Waals surface area contributed by atoms with E-state index in [0.29, 0.717) is 0 Å². The molecule has 0 saturated heterocycles. The highest BCUT2D eigenvalue weighted by atomic mass is 19.3. The zero-order valence-electron chi connectivity index (χ0n) is 5.80. The predicted octanol–water partition coefficient (Wildman–Crippen LogP) is 0.739. The van der Waals surface area contributed by atoms with Crippen molar-refractivity contribution in [1.29, 1.82) is 0 Å². The lowest BCUT2D eigenvalue weighted by molar-refractivity contribution is -0.0487. The first-order valence-corrected chi connectivity index (χ1v) is 2.66. The summed E-state index contributed by atoms with van der Waals surface area (Å²) in [6.07, 6.45) is 0.435. The molecule has 62 valence electrons. The molecule has 3 nitrogen and oxygen atoms in total. The van der Waals surface area contributed by atoms with Gasteiger partial charge in [0.2, 0.25) is 5.60 Å². The zero-order chi connectivity index (χ0) is 9.07. The van der Waals surface area contributed by atoms with Crippen LogP contribution < -0.4 is 5.73 Å². The fraction of sp³-hybridized carbons (Fsp3) is 0.500. The number of nitrogens with two attached hydrogens (primary N) is 1. The highest BCUT2D eigenvalue weighted by molar-refractivity contribution is 5.65. The van der Waals surface area contributed by atoms with Crippen LogP contribution in [0.15, 0.2) is 0 Å². The number of halogens is 2. The Hall–Kier alpha value is -1.31. The second-order valence-corrected chi connectivity index (χ2v) is 1.97. The zero-order valence-corrected chi connectivity index (χ0v) is 5.80. The van der Waals surface area contributed by atoms with Gasteiger partial charge in [-0.2, -0.15) is 0 Å². The van der Waals surface area contributed by atoms with E-state index in [-0.39, 0.29) is 0 Å². The summed E-state index contributed by atoms with van der Waals surface area (Å²) in [6, 6.07) is 0. The Morgan fingerprint density at radius 3 is 2.36 bits per heavy atom. The Kier molecular flexibility index (Phi) is 2.81. The Morgan fingerprint density at radius 1 is 1.82 bits per heavy atom. The molecule has 0 aliphatic rings. The van der Waals surface area contributed by atoms with Crippen LogP contribution in [0.1, 0.15) is 6.92 Å². The first kappa shape index (κ1) is 9.69. The average molecular weight is 163 g/mol. The number of hydrogen-bond acceptors (Lipinski definition) is 2. The summed E-state index contributed by atoms with van der Waals surface area (Å²) in [4.78, 5) is 10.0. The van der Waals surface area contributed by atoms with Crippen molar-refractivity contribution in [1.82, 2.24) is 0 Å². The monoisotopic (exact) mass is 163 g/mol. The van der Waals surface area contributed by atoms with E-state index in [9.17, 15) is 13.6 Å². The van der Waals surface area contributed by atoms with E-state index in [1.165, 1.54) is 0 Å². The summed E-state index contributed by atoms with van der Waals surface area (Å²) in [5.74, 6) is 1.64. The Labute approximate surface area is 62.5 Å². The molecule has 0 aliphatic carbocycles. The molecule has 0 spiro atoms. The minimum Gasteiger partial charge on any atom is -0.424 e. The fourth-order valence-corrected chi connectivity index (χ4v) is 0.346. The van der Waals surface area contributed by atoms with E-state index in [1.807, 2.05) is 0 Å². The molecule has 0 radical (unpaired) electrons. The van der Waals surface area contributed by atoms with Crippen LogP contribution in [0.3, 0.4) is 0 Å². The number of carbonyl (C=O) groups excluding carboxylic acids is 1. The van der Waals surface area contributed by atoms with Gasteiger partial charge in [0.05, 0.1) is 0 Å². The number of terminal acetylenes is 1. The van der Waals surface area contributed by atoms with Crippen molar-refractivity contribution in [2.45, 2.75) is 19.0 Å². The van der Waals surface area contributed by atoms with E-state index < -0.39 is 18.1 Å². The average Bonchev–Trinajstić information content (AvgIpc) is 1.86. The highest BCUT2D eigenvalue weighted by Gasteiger charge is 2.36. The Morgan fingerprint density at radius 2 is 2.27 bits per heavy atom. The number of rotatable bonds is 2. The van der Waals surface area contributed by atoms with Crippen molar-refractivity contribution in [3.05, 3.63) is 0 Å². The van der Waals surface area contributed by atoms with Gasteiger partial charge in [0.15, 0.2) is 0 Å². The van der Waals surface area contributed by atoms with Crippen LogP contribution in [0.2, 0.25) is 0 Å². The topological polar surface area (TPSA) is 52.3 Å². The van der Waals surface area contributed by atoms with Crippen LogP contribution in [0.5, 0.6) is 0 Å². The smallest absolute Gasteiger partial charge is 0.406 e. The van der Waals surface area contributed by atoms with E-state index in [1.54, 1.807) is 5.92 Å². The van der Waals surface area contributed by atoms with Crippen LogP contribution in [0, 0.1) is 12.3 Å². The number of primary amides is 1. The van der Waals surface area contributed by atoms with Crippen molar-refractivity contribution in [3.8, 4) is 12.3 Å². The highest BCUT2D eigenvalue weighted by Crippen LogP contribution is 2.18. The van der Waals surface area contributed by atoms with Gasteiger partial charge in [-0.25, -0.2) is 13.6 Å². The lowest BCUT2D eigenvalue weighted by Crippen LogP contribution is -2.39. The van der Waals surface area contributed by atoms with E-state index >= 15 is 0 Å². The molecule has 0 saturated carbocycles. The van der Waals surface area contributed by atoms with Gasteiger partial charge in [0.1, 0.15) is 0 Å². The Balaban J connectivity index is 4.38. The molecule has 0 bridgehead atoms. The third-order valence-corrected chi connectivity index (χ3v) is 1.02. The van der Waals surface area contributed by atoms with E-state index in [0.717, 1.165) is 6.92 Å². The van der Waals surface area contributed by atoms with Crippen molar-refractivity contribution >= 4 is 6.09 Å². The quantitative estimate of drug-likeness (QED) is 0.610. The molecule has 0 aromatic heterocycles. The van der Waals surface area contributed by atoms with Crippen LogP contribution >= 0.6 is 0 Å². The minimum atomic E-state index is -2.94. The molecule has 0 aromatic carbocycles. The molecule has 11 heavy (non-hydrogen) atoms. The third-order valence-electron chi connectivity index (χ3n) is 1.02. The van der Waals surface area contributed by atoms with Gasteiger partial charge in [0, 0.05) is 0 Å². The maximum Gasteiger partial charge on any atom is 0.406 e. The lowest BCUT2D eigenvalue weighted by atomic mass is 10.1. The SMILES string of the molecule is C#CC(C)(OC(N)=O)C(F)F. The summed E-state index contributed by atoms with van der Waals surface area (Å²) < 4.78 is 27.9.